The van der Waals surface area contributed by atoms with Crippen molar-refractivity contribution in [3.05, 3.63) is 35.6 Å². The lowest BCUT2D eigenvalue weighted by Gasteiger charge is -2.02. The van der Waals surface area contributed by atoms with Gasteiger partial charge in [0.05, 0.1) is 5.56 Å². The zero-order valence-corrected chi connectivity index (χ0v) is 7.84. The van der Waals surface area contributed by atoms with Crippen LogP contribution in [0, 0.1) is 5.82 Å². The van der Waals surface area contributed by atoms with Gasteiger partial charge >= 0.3 is 0 Å². The monoisotopic (exact) mass is 215 g/mol. The van der Waals surface area contributed by atoms with Gasteiger partial charge < -0.3 is 0 Å². The number of alkyl halides is 1. The maximum Gasteiger partial charge on any atom is 0.260 e. The van der Waals surface area contributed by atoms with Crippen molar-refractivity contribution in [2.24, 2.45) is 0 Å². The third-order valence-electron chi connectivity index (χ3n) is 1.49. The van der Waals surface area contributed by atoms with Crippen molar-refractivity contribution in [3.8, 4) is 0 Å². The van der Waals surface area contributed by atoms with Crippen LogP contribution >= 0.6 is 11.6 Å². The number of halogens is 2. The van der Waals surface area contributed by atoms with Crippen LogP contribution in [0.2, 0.25) is 0 Å². The van der Waals surface area contributed by atoms with E-state index in [1.54, 1.807) is 0 Å². The number of hydrogen-bond donors (Lipinski definition) is 1. The first-order valence-electron chi connectivity index (χ1n) is 3.80. The van der Waals surface area contributed by atoms with Crippen LogP contribution in [0.5, 0.6) is 0 Å². The Morgan fingerprint density at radius 2 is 2.00 bits per heavy atom. The van der Waals surface area contributed by atoms with Crippen molar-refractivity contribution >= 4 is 23.4 Å². The van der Waals surface area contributed by atoms with Gasteiger partial charge in [0.15, 0.2) is 0 Å². The smallest absolute Gasteiger partial charge is 0.260 e. The number of imide groups is 1. The van der Waals surface area contributed by atoms with Gasteiger partial charge in [-0.25, -0.2) is 4.39 Å². The number of carbonyl (C=O) groups is 2. The van der Waals surface area contributed by atoms with Crippen LogP contribution in [0.1, 0.15) is 10.4 Å². The average molecular weight is 216 g/mol. The molecule has 0 spiro atoms. The molecule has 5 heteroatoms. The van der Waals surface area contributed by atoms with E-state index in [0.717, 1.165) is 6.07 Å². The Morgan fingerprint density at radius 3 is 2.57 bits per heavy atom. The molecule has 0 heterocycles. The first-order chi connectivity index (χ1) is 6.65. The van der Waals surface area contributed by atoms with Crippen molar-refractivity contribution in [1.29, 1.82) is 0 Å². The van der Waals surface area contributed by atoms with Crippen LogP contribution in [0.4, 0.5) is 4.39 Å². The molecule has 1 N–H and O–H groups in total. The third kappa shape index (κ3) is 2.53. The molecule has 2 amide bonds. The summed E-state index contributed by atoms with van der Waals surface area (Å²) >= 11 is 5.17. The molecule has 0 aliphatic carbocycles. The normalized spacial score (nSPS) is 9.57. The molecule has 0 atom stereocenters. The molecule has 1 aromatic carbocycles. The van der Waals surface area contributed by atoms with Crippen LogP contribution in [0.15, 0.2) is 24.3 Å². The fraction of sp³-hybridized carbons (Fsp3) is 0.111. The summed E-state index contributed by atoms with van der Waals surface area (Å²) < 4.78 is 13.0. The second-order valence-corrected chi connectivity index (χ2v) is 2.76. The van der Waals surface area contributed by atoms with E-state index < -0.39 is 17.6 Å². The molecule has 14 heavy (non-hydrogen) atoms. The van der Waals surface area contributed by atoms with Crippen LogP contribution in [0.25, 0.3) is 0 Å². The Morgan fingerprint density at radius 1 is 1.36 bits per heavy atom. The first-order valence-corrected chi connectivity index (χ1v) is 4.33. The Bertz CT molecular complexity index is 368. The van der Waals surface area contributed by atoms with Gasteiger partial charge in [0.25, 0.3) is 5.91 Å². The van der Waals surface area contributed by atoms with Crippen molar-refractivity contribution in [2.75, 3.05) is 5.88 Å². The minimum atomic E-state index is -0.784. The van der Waals surface area contributed by atoms with Gasteiger partial charge in [-0.3, -0.25) is 14.9 Å². The Kier molecular flexibility index (Phi) is 3.59. The molecule has 0 saturated heterocycles. The summed E-state index contributed by atoms with van der Waals surface area (Å²) in [6, 6.07) is 5.38. The molecule has 0 unspecified atom stereocenters. The molecular formula is C9H7ClFNO2. The third-order valence-corrected chi connectivity index (χ3v) is 1.74. The average Bonchev–Trinajstić information content (AvgIpc) is 2.18. The van der Waals surface area contributed by atoms with Crippen molar-refractivity contribution in [2.45, 2.75) is 0 Å². The zero-order chi connectivity index (χ0) is 10.6. The Labute approximate surface area is 84.9 Å². The van der Waals surface area contributed by atoms with Crippen molar-refractivity contribution in [1.82, 2.24) is 5.32 Å². The Hall–Kier alpha value is -1.42. The molecule has 3 nitrogen and oxygen atoms in total. The highest BCUT2D eigenvalue weighted by molar-refractivity contribution is 6.28. The van der Waals surface area contributed by atoms with Crippen LogP contribution in [-0.4, -0.2) is 17.7 Å². The first kappa shape index (κ1) is 10.7. The van der Waals surface area contributed by atoms with Gasteiger partial charge in [-0.2, -0.15) is 0 Å². The molecule has 1 aromatic rings. The summed E-state index contributed by atoms with van der Waals surface area (Å²) in [5, 5.41) is 1.94. The van der Waals surface area contributed by atoms with Crippen LogP contribution in [-0.2, 0) is 4.79 Å². The maximum absolute atomic E-state index is 13.0. The van der Waals surface area contributed by atoms with Crippen LogP contribution in [0.3, 0.4) is 0 Å². The maximum atomic E-state index is 13.0. The lowest BCUT2D eigenvalue weighted by Crippen LogP contribution is -2.31. The molecule has 0 aliphatic heterocycles. The number of hydrogen-bond acceptors (Lipinski definition) is 2. The number of carbonyl (C=O) groups excluding carboxylic acids is 2. The standard InChI is InChI=1S/C9H7ClFNO2/c10-5-8(13)12-9(14)6-3-1-2-4-7(6)11/h1-4H,5H2,(H,12,13,14). The van der Waals surface area contributed by atoms with Crippen LogP contribution < -0.4 is 5.32 Å². The lowest BCUT2D eigenvalue weighted by atomic mass is 10.2. The molecule has 1 rings (SSSR count). The van der Waals surface area contributed by atoms with Crippen molar-refractivity contribution in [3.63, 3.8) is 0 Å². The van der Waals surface area contributed by atoms with Crippen molar-refractivity contribution < 1.29 is 14.0 Å². The molecule has 0 fully saturated rings. The topological polar surface area (TPSA) is 46.2 Å². The number of amides is 2. The minimum absolute atomic E-state index is 0.175. The highest BCUT2D eigenvalue weighted by Gasteiger charge is 2.12. The quantitative estimate of drug-likeness (QED) is 0.757. The Balaban J connectivity index is 2.80. The molecule has 0 radical (unpaired) electrons. The SMILES string of the molecule is O=C(CCl)NC(=O)c1ccccc1F. The molecule has 0 saturated carbocycles. The molecule has 74 valence electrons. The van der Waals surface area contributed by atoms with E-state index in [-0.39, 0.29) is 11.4 Å². The molecule has 0 bridgehead atoms. The molecule has 0 aliphatic rings. The predicted molar refractivity (Wildman–Crippen MR) is 49.6 cm³/mol. The number of benzene rings is 1. The van der Waals surface area contributed by atoms with Gasteiger partial charge in [-0.15, -0.1) is 11.6 Å². The van der Waals surface area contributed by atoms with Gasteiger partial charge in [0, 0.05) is 0 Å². The predicted octanol–water partition coefficient (Wildman–Crippen LogP) is 1.32. The van der Waals surface area contributed by atoms with E-state index >= 15 is 0 Å². The second kappa shape index (κ2) is 4.72. The number of nitrogens with one attached hydrogen (secondary N) is 1. The largest absolute Gasteiger partial charge is 0.291 e. The summed E-state index contributed by atoms with van der Waals surface area (Å²) in [4.78, 5) is 21.9. The van der Waals surface area contributed by atoms with Gasteiger partial charge in [0.1, 0.15) is 11.7 Å². The van der Waals surface area contributed by atoms with Gasteiger partial charge in [0.2, 0.25) is 5.91 Å². The van der Waals surface area contributed by atoms with E-state index in [1.165, 1.54) is 18.2 Å². The highest BCUT2D eigenvalue weighted by atomic mass is 35.5. The summed E-state index contributed by atoms with van der Waals surface area (Å²) in [5.74, 6) is -2.44. The fourth-order valence-corrected chi connectivity index (χ4v) is 0.940. The van der Waals surface area contributed by atoms with E-state index in [0.29, 0.717) is 0 Å². The summed E-state index contributed by atoms with van der Waals surface area (Å²) in [6.45, 7) is 0. The van der Waals surface area contributed by atoms with E-state index in [1.807, 2.05) is 5.32 Å². The van der Waals surface area contributed by atoms with Gasteiger partial charge in [-0.1, -0.05) is 12.1 Å². The highest BCUT2D eigenvalue weighted by Crippen LogP contribution is 2.05. The lowest BCUT2D eigenvalue weighted by molar-refractivity contribution is -0.117. The zero-order valence-electron chi connectivity index (χ0n) is 7.09. The van der Waals surface area contributed by atoms with E-state index in [9.17, 15) is 14.0 Å². The van der Waals surface area contributed by atoms with E-state index in [4.69, 9.17) is 11.6 Å². The van der Waals surface area contributed by atoms with E-state index in [2.05, 4.69) is 0 Å². The summed E-state index contributed by atoms with van der Waals surface area (Å²) in [5.41, 5.74) is -0.175. The fourth-order valence-electron chi connectivity index (χ4n) is 0.873. The number of rotatable bonds is 2. The molecular weight excluding hydrogens is 209 g/mol. The summed E-state index contributed by atoms with van der Waals surface area (Å²) in [6.07, 6.45) is 0. The summed E-state index contributed by atoms with van der Waals surface area (Å²) in [7, 11) is 0. The minimum Gasteiger partial charge on any atom is -0.291 e. The van der Waals surface area contributed by atoms with Gasteiger partial charge in [-0.05, 0) is 12.1 Å². The molecule has 0 aromatic heterocycles. The second-order valence-electron chi connectivity index (χ2n) is 2.49.